The number of pyridine rings is 8. The minimum absolute atomic E-state index is 0.649. The highest BCUT2D eigenvalue weighted by atomic mass is 15.2. The molecule has 0 amide bonds. The van der Waals surface area contributed by atoms with Gasteiger partial charge in [0.2, 0.25) is 5.95 Å². The molecule has 0 aliphatic heterocycles. The standard InChI is InChI=1S/C39H24N6.C33H21N5.C17H12N2.C15H10N4/c1-4-13-31-28(10-1)37-34(16-7-19-40-37)43(31)25-22-26(44-32-14-5-2-11-29(32)38-35(44)17-8-20-41-38)24-27(23-25)45-33-15-6-3-12-30(33)39-36(45)18-9-21-42-39;1-2-10-22(11-3-1)28-18-27-26-14-6-7-15-29(26)37(32(27)21-34-28)23-19-35-33(36-20-23)38-30-16-8-4-12-24(30)25-13-5-9-17-31(25)38;1-2-7-13(8-3-1)19-16-11-5-4-9-14(16)15-10-6-12-18-17(15)19;1-2-8-16-13(7-1)19-12-6-4-9-17-14(12)11-5-3-10-18-15(11)19/h1-24H;1-21H;1-12H;1-10H. The Morgan fingerprint density at radius 3 is 0.975 bits per heavy atom. The summed E-state index contributed by atoms with van der Waals surface area (Å²) in [6, 6.07) is 119. The van der Waals surface area contributed by atoms with Crippen LogP contribution in [0.3, 0.4) is 0 Å². The van der Waals surface area contributed by atoms with E-state index in [1.165, 1.54) is 32.4 Å². The number of nitrogens with zero attached hydrogens (tertiary/aromatic N) is 17. The lowest BCUT2D eigenvalue weighted by Gasteiger charge is -2.17. The summed E-state index contributed by atoms with van der Waals surface area (Å²) in [4.78, 5) is 46.9. The fraction of sp³-hybridized carbons (Fsp3) is 0. The summed E-state index contributed by atoms with van der Waals surface area (Å²) in [5, 5.41) is 11.6. The van der Waals surface area contributed by atoms with Crippen LogP contribution in [0.2, 0.25) is 0 Å². The van der Waals surface area contributed by atoms with Crippen LogP contribution in [0.1, 0.15) is 0 Å². The molecule has 17 heteroatoms. The topological polar surface area (TPSA) is 163 Å². The predicted octanol–water partition coefficient (Wildman–Crippen LogP) is 24.0. The van der Waals surface area contributed by atoms with Crippen molar-refractivity contribution in [2.75, 3.05) is 0 Å². The summed E-state index contributed by atoms with van der Waals surface area (Å²) in [6.45, 7) is 0. The number of benzene rings is 10. The first-order chi connectivity index (χ1) is 60.1. The third-order valence-corrected chi connectivity index (χ3v) is 22.8. The first-order valence-electron chi connectivity index (χ1n) is 40.1. The van der Waals surface area contributed by atoms with Crippen LogP contribution in [0.5, 0.6) is 0 Å². The third-order valence-electron chi connectivity index (χ3n) is 22.8. The molecule has 16 heterocycles. The van der Waals surface area contributed by atoms with Gasteiger partial charge in [0.1, 0.15) is 17.1 Å². The van der Waals surface area contributed by atoms with Gasteiger partial charge in [-0.3, -0.25) is 38.6 Å². The molecule has 0 aliphatic carbocycles. The van der Waals surface area contributed by atoms with Crippen LogP contribution in [0.25, 0.3) is 205 Å². The van der Waals surface area contributed by atoms with Crippen LogP contribution >= 0.6 is 0 Å². The molecule has 17 nitrogen and oxygen atoms in total. The van der Waals surface area contributed by atoms with Crippen LogP contribution < -0.4 is 0 Å². The molecule has 16 aromatic heterocycles. The molecule has 0 unspecified atom stereocenters. The second-order valence-corrected chi connectivity index (χ2v) is 29.6. The number of para-hydroxylation sites is 8. The SMILES string of the molecule is c1ccc(-c2cc3c4ccccc4n(-c4cnc(-n5c6ccccc6c6ccccc65)nc4)c3cn2)cc1.c1ccc(-n2c3ccccc3c3cccnc32)cc1.c1ccc(-n2c3cccnc3c3cccnc32)nc1.c1ccc2c(c1)c1ncccc1n2-c1cc(-n2c3ccccc3c3ncccc32)cc(-n2c3ccccc3c3ncccc32)c1. The zero-order valence-corrected chi connectivity index (χ0v) is 64.8. The fourth-order valence-electron chi connectivity index (χ4n) is 17.8. The molecule has 10 aromatic carbocycles. The average molecular weight is 1550 g/mol. The van der Waals surface area contributed by atoms with Gasteiger partial charge in [0.05, 0.1) is 135 Å². The van der Waals surface area contributed by atoms with Gasteiger partial charge in [-0.25, -0.2) is 24.9 Å². The van der Waals surface area contributed by atoms with E-state index in [-0.39, 0.29) is 0 Å². The second kappa shape index (κ2) is 29.1. The first-order valence-corrected chi connectivity index (χ1v) is 40.1. The molecule has 0 bridgehead atoms. The zero-order valence-electron chi connectivity index (χ0n) is 64.8. The molecule has 0 fully saturated rings. The van der Waals surface area contributed by atoms with Crippen LogP contribution in [-0.4, -0.2) is 81.8 Å². The maximum atomic E-state index is 4.87. The average Bonchev–Trinajstić information content (AvgIpc) is 1.58. The Hall–Kier alpha value is -16.9. The van der Waals surface area contributed by atoms with Crippen LogP contribution in [-0.2, 0) is 0 Å². The van der Waals surface area contributed by atoms with E-state index in [1.54, 1.807) is 18.6 Å². The summed E-state index contributed by atoms with van der Waals surface area (Å²) < 4.78 is 15.6. The largest absolute Gasteiger partial charge is 0.307 e. The summed E-state index contributed by atoms with van der Waals surface area (Å²) in [7, 11) is 0. The Morgan fingerprint density at radius 2 is 0.496 bits per heavy atom. The highest BCUT2D eigenvalue weighted by Crippen LogP contribution is 2.41. The summed E-state index contributed by atoms with van der Waals surface area (Å²) >= 11 is 0. The fourth-order valence-corrected chi connectivity index (χ4v) is 17.8. The van der Waals surface area contributed by atoms with Crippen molar-refractivity contribution in [3.8, 4) is 51.5 Å². The second-order valence-electron chi connectivity index (χ2n) is 29.6. The van der Waals surface area contributed by atoms with E-state index in [0.29, 0.717) is 5.95 Å². The van der Waals surface area contributed by atoms with Crippen molar-refractivity contribution < 1.29 is 0 Å². The van der Waals surface area contributed by atoms with Gasteiger partial charge < -0.3 is 18.3 Å². The first kappa shape index (κ1) is 69.6. The van der Waals surface area contributed by atoms with Crippen molar-refractivity contribution in [2.45, 2.75) is 0 Å². The van der Waals surface area contributed by atoms with Crippen LogP contribution in [0.15, 0.2) is 408 Å². The van der Waals surface area contributed by atoms with Crippen molar-refractivity contribution in [3.05, 3.63) is 408 Å². The molecule has 0 aliphatic rings. The van der Waals surface area contributed by atoms with Gasteiger partial charge >= 0.3 is 0 Å². The Bertz CT molecular complexity index is 7700. The Morgan fingerprint density at radius 1 is 0.165 bits per heavy atom. The lowest BCUT2D eigenvalue weighted by molar-refractivity contribution is 0.967. The third kappa shape index (κ3) is 11.6. The van der Waals surface area contributed by atoms with Crippen LogP contribution in [0, 0.1) is 0 Å². The maximum absolute atomic E-state index is 4.87. The summed E-state index contributed by atoms with van der Waals surface area (Å²) in [5.74, 6) is 1.51. The van der Waals surface area contributed by atoms with E-state index in [0.717, 1.165) is 166 Å². The van der Waals surface area contributed by atoms with Crippen molar-refractivity contribution in [1.82, 2.24) is 81.8 Å². The minimum atomic E-state index is 0.649. The molecule has 568 valence electrons. The van der Waals surface area contributed by atoms with E-state index < -0.39 is 0 Å². The molecule has 121 heavy (non-hydrogen) atoms. The lowest BCUT2D eigenvalue weighted by Crippen LogP contribution is -2.03. The molecular formula is C104H67N17. The number of hydrogen-bond donors (Lipinski definition) is 0. The van der Waals surface area contributed by atoms with Crippen molar-refractivity contribution in [3.63, 3.8) is 0 Å². The number of hydrogen-bond acceptors (Lipinski definition) is 10. The van der Waals surface area contributed by atoms with Gasteiger partial charge in [-0.15, -0.1) is 0 Å². The molecule has 0 N–H and O–H groups in total. The van der Waals surface area contributed by atoms with Crippen molar-refractivity contribution >= 4 is 153 Å². The molecule has 0 radical (unpaired) electrons. The zero-order chi connectivity index (χ0) is 79.9. The highest BCUT2D eigenvalue weighted by molar-refractivity contribution is 6.14. The van der Waals surface area contributed by atoms with Gasteiger partial charge in [0.15, 0.2) is 0 Å². The maximum Gasteiger partial charge on any atom is 0.234 e. The van der Waals surface area contributed by atoms with Gasteiger partial charge in [-0.1, -0.05) is 182 Å². The van der Waals surface area contributed by atoms with E-state index >= 15 is 0 Å². The summed E-state index contributed by atoms with van der Waals surface area (Å²) in [6.07, 6.45) is 18.6. The number of aromatic nitrogens is 17. The van der Waals surface area contributed by atoms with Crippen LogP contribution in [0.4, 0.5) is 0 Å². The number of rotatable bonds is 8. The lowest BCUT2D eigenvalue weighted by atomic mass is 10.1. The van der Waals surface area contributed by atoms with Gasteiger partial charge in [-0.2, -0.15) is 0 Å². The van der Waals surface area contributed by atoms with E-state index in [1.807, 2.05) is 139 Å². The molecule has 0 spiro atoms. The van der Waals surface area contributed by atoms with Crippen molar-refractivity contribution in [2.24, 2.45) is 0 Å². The van der Waals surface area contributed by atoms with Crippen molar-refractivity contribution in [1.29, 1.82) is 0 Å². The smallest absolute Gasteiger partial charge is 0.234 e. The number of fused-ring (bicyclic) bond motifs is 21. The Labute approximate surface area is 690 Å². The quantitative estimate of drug-likeness (QED) is 0.143. The van der Waals surface area contributed by atoms with E-state index in [4.69, 9.17) is 29.9 Å². The van der Waals surface area contributed by atoms with Gasteiger partial charge in [0, 0.05) is 108 Å². The minimum Gasteiger partial charge on any atom is -0.307 e. The van der Waals surface area contributed by atoms with E-state index in [9.17, 15) is 0 Å². The van der Waals surface area contributed by atoms with Gasteiger partial charge in [-0.05, 0) is 164 Å². The van der Waals surface area contributed by atoms with Gasteiger partial charge in [0.25, 0.3) is 0 Å². The van der Waals surface area contributed by atoms with E-state index in [2.05, 4.69) is 302 Å². The normalized spacial score (nSPS) is 11.6. The molecule has 26 aromatic rings. The molecule has 0 saturated heterocycles. The predicted molar refractivity (Wildman–Crippen MR) is 490 cm³/mol. The monoisotopic (exact) mass is 1550 g/mol. The molecule has 0 atom stereocenters. The molecule has 0 saturated carbocycles. The Kier molecular flexibility index (Phi) is 16.7. The highest BCUT2D eigenvalue weighted by Gasteiger charge is 2.24. The Balaban J connectivity index is 0.000000100. The summed E-state index contributed by atoms with van der Waals surface area (Å²) in [5.41, 5.74) is 26.1. The molecule has 26 rings (SSSR count). The molecular weight excluding hydrogens is 1490 g/mol.